The normalized spacial score (nSPS) is 18.6. The molecule has 1 saturated heterocycles. The summed E-state index contributed by atoms with van der Waals surface area (Å²) < 4.78 is 3.03. The van der Waals surface area contributed by atoms with Crippen molar-refractivity contribution in [3.63, 3.8) is 0 Å². The summed E-state index contributed by atoms with van der Waals surface area (Å²) in [6.45, 7) is 6.37. The Labute approximate surface area is 146 Å². The van der Waals surface area contributed by atoms with Gasteiger partial charge in [0.25, 0.3) is 5.56 Å². The average molecular weight is 346 g/mol. The third-order valence-corrected chi connectivity index (χ3v) is 4.79. The summed E-state index contributed by atoms with van der Waals surface area (Å²) >= 11 is 0. The quantitative estimate of drug-likeness (QED) is 0.817. The highest BCUT2D eigenvalue weighted by atomic mass is 16.1. The topological polar surface area (TPSA) is 85.1 Å². The molecule has 2 aromatic heterocycles. The van der Waals surface area contributed by atoms with Crippen LogP contribution in [0, 0.1) is 5.92 Å². The molecule has 136 valence electrons. The van der Waals surface area contributed by atoms with Crippen molar-refractivity contribution in [1.29, 1.82) is 0 Å². The zero-order chi connectivity index (χ0) is 17.8. The van der Waals surface area contributed by atoms with Gasteiger partial charge in [-0.15, -0.1) is 0 Å². The van der Waals surface area contributed by atoms with Crippen LogP contribution in [-0.4, -0.2) is 56.3 Å². The molecule has 1 fully saturated rings. The minimum Gasteiger partial charge on any atom is -0.355 e. The van der Waals surface area contributed by atoms with Crippen molar-refractivity contribution in [1.82, 2.24) is 29.5 Å². The van der Waals surface area contributed by atoms with Crippen molar-refractivity contribution in [2.45, 2.75) is 32.7 Å². The van der Waals surface area contributed by atoms with E-state index in [1.807, 2.05) is 0 Å². The molecule has 1 aliphatic heterocycles. The van der Waals surface area contributed by atoms with E-state index < -0.39 is 0 Å². The zero-order valence-corrected chi connectivity index (χ0v) is 14.9. The van der Waals surface area contributed by atoms with E-state index in [4.69, 9.17) is 0 Å². The number of amides is 1. The van der Waals surface area contributed by atoms with Crippen LogP contribution < -0.4 is 10.9 Å². The van der Waals surface area contributed by atoms with Gasteiger partial charge in [-0.1, -0.05) is 6.92 Å². The molecule has 1 aliphatic rings. The van der Waals surface area contributed by atoms with E-state index in [9.17, 15) is 9.59 Å². The minimum atomic E-state index is -0.159. The van der Waals surface area contributed by atoms with Crippen LogP contribution in [0.4, 0.5) is 0 Å². The van der Waals surface area contributed by atoms with E-state index in [1.165, 1.54) is 29.9 Å². The summed E-state index contributed by atoms with van der Waals surface area (Å²) in [5, 5.41) is 7.46. The summed E-state index contributed by atoms with van der Waals surface area (Å²) in [6, 6.07) is 0. The van der Waals surface area contributed by atoms with Gasteiger partial charge in [0.05, 0.1) is 12.5 Å². The Hall–Kier alpha value is -2.22. The van der Waals surface area contributed by atoms with Crippen molar-refractivity contribution in [3.05, 3.63) is 22.9 Å². The second-order valence-electron chi connectivity index (χ2n) is 6.90. The van der Waals surface area contributed by atoms with E-state index in [2.05, 4.69) is 27.2 Å². The van der Waals surface area contributed by atoms with Crippen LogP contribution >= 0.6 is 0 Å². The predicted octanol–water partition coefficient (Wildman–Crippen LogP) is 0.368. The number of carbonyl (C=O) groups excluding carboxylic acids is 1. The lowest BCUT2D eigenvalue weighted by Gasteiger charge is -2.30. The molecule has 1 N–H and O–H groups in total. The van der Waals surface area contributed by atoms with Crippen LogP contribution in [0.3, 0.4) is 0 Å². The van der Waals surface area contributed by atoms with Crippen LogP contribution in [0.25, 0.3) is 11.0 Å². The van der Waals surface area contributed by atoms with Gasteiger partial charge in [0.15, 0.2) is 5.65 Å². The number of carbonyl (C=O) groups is 1. The van der Waals surface area contributed by atoms with Gasteiger partial charge in [-0.05, 0) is 25.3 Å². The predicted molar refractivity (Wildman–Crippen MR) is 95.2 cm³/mol. The van der Waals surface area contributed by atoms with Crippen LogP contribution in [0.1, 0.15) is 26.2 Å². The highest BCUT2D eigenvalue weighted by Gasteiger charge is 2.15. The number of fused-ring (bicyclic) bond motifs is 1. The van der Waals surface area contributed by atoms with Gasteiger partial charge in [0.2, 0.25) is 5.91 Å². The average Bonchev–Trinajstić information content (AvgIpc) is 2.96. The van der Waals surface area contributed by atoms with Crippen LogP contribution in [-0.2, 0) is 18.4 Å². The summed E-state index contributed by atoms with van der Waals surface area (Å²) in [6.07, 6.45) is 5.80. The van der Waals surface area contributed by atoms with Crippen LogP contribution in [0.2, 0.25) is 0 Å². The maximum absolute atomic E-state index is 12.3. The highest BCUT2D eigenvalue weighted by molar-refractivity contribution is 5.76. The molecule has 1 atom stereocenters. The fourth-order valence-electron chi connectivity index (χ4n) is 3.38. The number of piperidine rings is 1. The summed E-state index contributed by atoms with van der Waals surface area (Å²) in [7, 11) is 1.75. The molecule has 25 heavy (non-hydrogen) atoms. The molecule has 0 aliphatic carbocycles. The van der Waals surface area contributed by atoms with Gasteiger partial charge < -0.3 is 10.2 Å². The van der Waals surface area contributed by atoms with Gasteiger partial charge in [0.1, 0.15) is 5.39 Å². The molecule has 3 rings (SSSR count). The third kappa shape index (κ3) is 4.25. The number of likely N-dealkylation sites (tertiary alicyclic amines) is 1. The molecule has 0 bridgehead atoms. The molecule has 0 radical (unpaired) electrons. The summed E-state index contributed by atoms with van der Waals surface area (Å²) in [5.41, 5.74) is 0.398. The number of hydrogen-bond acceptors (Lipinski definition) is 5. The van der Waals surface area contributed by atoms with Gasteiger partial charge in [-0.25, -0.2) is 4.98 Å². The van der Waals surface area contributed by atoms with Crippen LogP contribution in [0.15, 0.2) is 17.3 Å². The van der Waals surface area contributed by atoms with Crippen molar-refractivity contribution < 1.29 is 4.79 Å². The summed E-state index contributed by atoms with van der Waals surface area (Å²) in [5.74, 6) is 0.703. The van der Waals surface area contributed by atoms with E-state index in [0.717, 1.165) is 25.6 Å². The first-order chi connectivity index (χ1) is 12.0. The Bertz CT molecular complexity index is 796. The first kappa shape index (κ1) is 17.6. The van der Waals surface area contributed by atoms with Gasteiger partial charge >= 0.3 is 0 Å². The highest BCUT2D eigenvalue weighted by Crippen LogP contribution is 2.14. The standard InChI is InChI=1S/C17H26N6O2/c1-13-4-3-7-22(11-13)9-6-18-15(24)5-8-23-12-19-16-14(17(23)25)10-20-21(16)2/h10,12-13H,3-9,11H2,1-2H3,(H,18,24). The zero-order valence-electron chi connectivity index (χ0n) is 14.9. The first-order valence-electron chi connectivity index (χ1n) is 8.91. The molecule has 1 unspecified atom stereocenters. The van der Waals surface area contributed by atoms with Gasteiger partial charge in [-0.2, -0.15) is 5.10 Å². The van der Waals surface area contributed by atoms with Crippen molar-refractivity contribution in [2.75, 3.05) is 26.2 Å². The van der Waals surface area contributed by atoms with Crippen molar-refractivity contribution in [2.24, 2.45) is 13.0 Å². The Morgan fingerprint density at radius 2 is 2.24 bits per heavy atom. The van der Waals surface area contributed by atoms with Gasteiger partial charge in [0, 0.05) is 39.6 Å². The van der Waals surface area contributed by atoms with Gasteiger partial charge in [-0.3, -0.25) is 18.8 Å². The number of rotatable bonds is 6. The fraction of sp³-hybridized carbons (Fsp3) is 0.647. The number of nitrogens with one attached hydrogen (secondary N) is 1. The van der Waals surface area contributed by atoms with Crippen molar-refractivity contribution >= 4 is 16.9 Å². The van der Waals surface area contributed by atoms with Crippen molar-refractivity contribution in [3.8, 4) is 0 Å². The maximum atomic E-state index is 12.3. The molecule has 1 amide bonds. The maximum Gasteiger partial charge on any atom is 0.264 e. The lowest BCUT2D eigenvalue weighted by atomic mass is 10.0. The largest absolute Gasteiger partial charge is 0.355 e. The molecule has 2 aromatic rings. The molecular weight excluding hydrogens is 320 g/mol. The smallest absolute Gasteiger partial charge is 0.264 e. The Morgan fingerprint density at radius 1 is 1.40 bits per heavy atom. The number of aryl methyl sites for hydroxylation is 2. The summed E-state index contributed by atoms with van der Waals surface area (Å²) in [4.78, 5) is 31.0. The van der Waals surface area contributed by atoms with E-state index >= 15 is 0 Å². The Balaban J connectivity index is 1.46. The molecular formula is C17H26N6O2. The first-order valence-corrected chi connectivity index (χ1v) is 8.91. The monoisotopic (exact) mass is 346 g/mol. The Kier molecular flexibility index (Phi) is 5.47. The number of aromatic nitrogens is 4. The lowest BCUT2D eigenvalue weighted by Crippen LogP contribution is -2.40. The lowest BCUT2D eigenvalue weighted by molar-refractivity contribution is -0.121. The number of hydrogen-bond donors (Lipinski definition) is 1. The Morgan fingerprint density at radius 3 is 3.04 bits per heavy atom. The number of nitrogens with zero attached hydrogens (tertiary/aromatic N) is 5. The van der Waals surface area contributed by atoms with E-state index in [-0.39, 0.29) is 17.9 Å². The second-order valence-corrected chi connectivity index (χ2v) is 6.90. The minimum absolute atomic E-state index is 0.0387. The van der Waals surface area contributed by atoms with E-state index in [0.29, 0.717) is 24.1 Å². The molecule has 8 heteroatoms. The molecule has 8 nitrogen and oxygen atoms in total. The molecule has 0 saturated carbocycles. The van der Waals surface area contributed by atoms with Crippen LogP contribution in [0.5, 0.6) is 0 Å². The SMILES string of the molecule is CC1CCCN(CCNC(=O)CCn2cnc3c(cnn3C)c2=O)C1. The molecule has 3 heterocycles. The second kappa shape index (κ2) is 7.77. The fourth-order valence-corrected chi connectivity index (χ4v) is 3.38. The molecule has 0 spiro atoms. The third-order valence-electron chi connectivity index (χ3n) is 4.79. The van der Waals surface area contributed by atoms with E-state index in [1.54, 1.807) is 11.7 Å². The molecule has 0 aromatic carbocycles.